The Morgan fingerprint density at radius 1 is 1.04 bits per heavy atom. The summed E-state index contributed by atoms with van der Waals surface area (Å²) in [5.41, 5.74) is 1.55. The van der Waals surface area contributed by atoms with E-state index in [0.29, 0.717) is 18.8 Å². The van der Waals surface area contributed by atoms with Crippen molar-refractivity contribution in [3.05, 3.63) is 35.4 Å². The lowest BCUT2D eigenvalue weighted by atomic mass is 9.74. The Morgan fingerprint density at radius 2 is 1.58 bits per heavy atom. The monoisotopic (exact) mass is 328 g/mol. The highest BCUT2D eigenvalue weighted by molar-refractivity contribution is 5.87. The molecule has 0 bridgehead atoms. The van der Waals surface area contributed by atoms with Gasteiger partial charge in [-0.1, -0.05) is 17.8 Å². The van der Waals surface area contributed by atoms with Crippen LogP contribution in [0.4, 0.5) is 0 Å². The molecule has 128 valence electrons. The number of ether oxygens (including phenoxy) is 2. The van der Waals surface area contributed by atoms with E-state index in [9.17, 15) is 4.79 Å². The van der Waals surface area contributed by atoms with Crippen LogP contribution in [0.3, 0.4) is 0 Å². The van der Waals surface area contributed by atoms with E-state index in [1.807, 2.05) is 12.1 Å². The van der Waals surface area contributed by atoms with Crippen LogP contribution >= 0.6 is 0 Å². The molecule has 1 N–H and O–H groups in total. The molecule has 1 aromatic carbocycles. The smallest absolute Gasteiger partial charge is 0.382 e. The Kier molecular flexibility index (Phi) is 4.62. The number of aliphatic carboxylic acids is 1. The topological polar surface area (TPSA) is 55.8 Å². The minimum absolute atomic E-state index is 0. The lowest BCUT2D eigenvalue weighted by Crippen LogP contribution is -2.38. The van der Waals surface area contributed by atoms with Gasteiger partial charge in [-0.3, -0.25) is 0 Å². The van der Waals surface area contributed by atoms with Crippen LogP contribution in [0, 0.1) is 29.1 Å². The third-order valence-electron chi connectivity index (χ3n) is 4.64. The Labute approximate surface area is 145 Å². The first-order valence-corrected chi connectivity index (χ1v) is 8.15. The van der Waals surface area contributed by atoms with Gasteiger partial charge in [-0.05, 0) is 44.0 Å². The Hall–Kier alpha value is -2.27. The summed E-state index contributed by atoms with van der Waals surface area (Å²) in [4.78, 5) is 10.4. The van der Waals surface area contributed by atoms with Crippen molar-refractivity contribution in [2.75, 3.05) is 13.2 Å². The fourth-order valence-corrected chi connectivity index (χ4v) is 3.08. The van der Waals surface area contributed by atoms with Gasteiger partial charge in [0.2, 0.25) is 0 Å². The number of benzene rings is 1. The Balaban J connectivity index is 0.00000169. The van der Waals surface area contributed by atoms with E-state index in [1.54, 1.807) is 12.1 Å². The van der Waals surface area contributed by atoms with Crippen LogP contribution in [0.5, 0.6) is 0 Å². The molecule has 1 aliphatic heterocycles. The van der Waals surface area contributed by atoms with Gasteiger partial charge in [0.15, 0.2) is 5.79 Å². The van der Waals surface area contributed by atoms with E-state index in [4.69, 9.17) is 14.6 Å². The molecule has 0 amide bonds. The summed E-state index contributed by atoms with van der Waals surface area (Å²) in [6.07, 6.45) is 3.70. The molecule has 1 aromatic rings. The van der Waals surface area contributed by atoms with Gasteiger partial charge in [0.05, 0.1) is 13.2 Å². The average Bonchev–Trinajstić information content (AvgIpc) is 3.04. The van der Waals surface area contributed by atoms with Crippen molar-refractivity contribution < 1.29 is 22.2 Å². The van der Waals surface area contributed by atoms with Crippen LogP contribution in [0.2, 0.25) is 0 Å². The molecule has 1 heterocycles. The summed E-state index contributed by atoms with van der Waals surface area (Å²) in [5.74, 6) is 9.83. The number of carboxylic acids is 1. The maximum absolute atomic E-state index is 10.4. The third kappa shape index (κ3) is 3.97. The van der Waals surface area contributed by atoms with Crippen molar-refractivity contribution in [3.8, 4) is 23.7 Å². The van der Waals surface area contributed by atoms with Crippen LogP contribution in [0.15, 0.2) is 24.3 Å². The number of carbonyl (C=O) groups is 1. The first-order valence-electron chi connectivity index (χ1n) is 8.15. The predicted molar refractivity (Wildman–Crippen MR) is 93.3 cm³/mol. The molecular formula is C20H24O4. The molecule has 2 fully saturated rings. The molecule has 1 saturated carbocycles. The van der Waals surface area contributed by atoms with E-state index >= 15 is 0 Å². The second-order valence-corrected chi connectivity index (χ2v) is 6.55. The normalized spacial score (nSPS) is 20.5. The van der Waals surface area contributed by atoms with Crippen molar-refractivity contribution in [1.29, 1.82) is 0 Å². The zero-order chi connectivity index (χ0) is 17.0. The van der Waals surface area contributed by atoms with Crippen molar-refractivity contribution >= 4 is 5.97 Å². The molecule has 1 spiro atoms. The van der Waals surface area contributed by atoms with Gasteiger partial charge < -0.3 is 14.6 Å². The van der Waals surface area contributed by atoms with Crippen molar-refractivity contribution in [1.82, 2.24) is 0 Å². The molecule has 2 aliphatic rings. The van der Waals surface area contributed by atoms with Crippen molar-refractivity contribution in [2.24, 2.45) is 5.41 Å². The summed E-state index contributed by atoms with van der Waals surface area (Å²) >= 11 is 0. The van der Waals surface area contributed by atoms with Crippen molar-refractivity contribution in [2.45, 2.75) is 38.4 Å². The van der Waals surface area contributed by atoms with E-state index in [1.165, 1.54) is 0 Å². The molecular weight excluding hydrogens is 304 g/mol. The molecule has 3 rings (SSSR count). The second kappa shape index (κ2) is 6.69. The maximum Gasteiger partial charge on any atom is 0.382 e. The van der Waals surface area contributed by atoms with Crippen LogP contribution in [-0.2, 0) is 14.3 Å². The first kappa shape index (κ1) is 16.6. The zero-order valence-corrected chi connectivity index (χ0v) is 13.7. The van der Waals surface area contributed by atoms with Gasteiger partial charge in [-0.2, -0.15) is 0 Å². The van der Waals surface area contributed by atoms with Crippen LogP contribution in [0.1, 0.15) is 46.6 Å². The lowest BCUT2D eigenvalue weighted by Gasteiger charge is -2.38. The van der Waals surface area contributed by atoms with Crippen LogP contribution < -0.4 is 0 Å². The summed E-state index contributed by atoms with van der Waals surface area (Å²) in [7, 11) is 0. The van der Waals surface area contributed by atoms with Gasteiger partial charge in [0, 0.05) is 38.2 Å². The standard InChI is InChI=1S/C20H20O4.2H2/c1-19(10-12-20(13-11-19)23-14-15-24-20)9-8-17-4-2-16(3-5-17)6-7-18(21)22;;/h2-5H,10-15H2,1H3,(H,21,22);2*1H. The highest BCUT2D eigenvalue weighted by Gasteiger charge is 2.43. The fourth-order valence-electron chi connectivity index (χ4n) is 3.08. The van der Waals surface area contributed by atoms with Gasteiger partial charge in [-0.15, -0.1) is 0 Å². The highest BCUT2D eigenvalue weighted by atomic mass is 16.7. The molecule has 24 heavy (non-hydrogen) atoms. The third-order valence-corrected chi connectivity index (χ3v) is 4.64. The number of hydrogen-bond acceptors (Lipinski definition) is 3. The van der Waals surface area contributed by atoms with Gasteiger partial charge >= 0.3 is 5.97 Å². The van der Waals surface area contributed by atoms with E-state index in [2.05, 4.69) is 30.6 Å². The minimum atomic E-state index is -1.13. The van der Waals surface area contributed by atoms with Crippen molar-refractivity contribution in [3.63, 3.8) is 0 Å². The molecule has 0 aromatic heterocycles. The number of carboxylic acid groups (broad SMARTS) is 1. The lowest BCUT2D eigenvalue weighted by molar-refractivity contribution is -0.186. The molecule has 4 heteroatoms. The van der Waals surface area contributed by atoms with E-state index < -0.39 is 5.97 Å². The second-order valence-electron chi connectivity index (χ2n) is 6.55. The van der Waals surface area contributed by atoms with Gasteiger partial charge in [-0.25, -0.2) is 4.79 Å². The fraction of sp³-hybridized carbons (Fsp3) is 0.450. The Bertz CT molecular complexity index is 734. The van der Waals surface area contributed by atoms with E-state index in [0.717, 1.165) is 31.2 Å². The molecule has 0 unspecified atom stereocenters. The largest absolute Gasteiger partial charge is 0.472 e. The molecule has 0 radical (unpaired) electrons. The summed E-state index contributed by atoms with van der Waals surface area (Å²) < 4.78 is 11.5. The maximum atomic E-state index is 10.4. The predicted octanol–water partition coefficient (Wildman–Crippen LogP) is 3.29. The van der Waals surface area contributed by atoms with E-state index in [-0.39, 0.29) is 14.1 Å². The van der Waals surface area contributed by atoms with Gasteiger partial charge in [0.1, 0.15) is 0 Å². The first-order chi connectivity index (χ1) is 11.5. The molecule has 1 aliphatic carbocycles. The SMILES string of the molecule is CC1(C#Cc2ccc(C#CC(=O)O)cc2)CCC2(CC1)OCCO2.[HH].[HH]. The molecule has 1 saturated heterocycles. The zero-order valence-electron chi connectivity index (χ0n) is 13.7. The molecule has 4 nitrogen and oxygen atoms in total. The van der Waals surface area contributed by atoms with Gasteiger partial charge in [0.25, 0.3) is 0 Å². The van der Waals surface area contributed by atoms with Crippen LogP contribution in [-0.4, -0.2) is 30.1 Å². The highest BCUT2D eigenvalue weighted by Crippen LogP contribution is 2.44. The summed E-state index contributed by atoms with van der Waals surface area (Å²) in [5, 5.41) is 8.55. The Morgan fingerprint density at radius 3 is 2.12 bits per heavy atom. The quantitative estimate of drug-likeness (QED) is 0.743. The summed E-state index contributed by atoms with van der Waals surface area (Å²) in [6, 6.07) is 7.32. The number of hydrogen-bond donors (Lipinski definition) is 1. The average molecular weight is 328 g/mol. The van der Waals surface area contributed by atoms with Crippen LogP contribution in [0.25, 0.3) is 0 Å². The number of rotatable bonds is 0. The summed E-state index contributed by atoms with van der Waals surface area (Å²) in [6.45, 7) is 3.58. The molecule has 0 atom stereocenters. The minimum Gasteiger partial charge on any atom is -0.472 e.